The van der Waals surface area contributed by atoms with Crippen molar-refractivity contribution in [2.45, 2.75) is 13.8 Å². The van der Waals surface area contributed by atoms with Crippen molar-refractivity contribution in [2.75, 3.05) is 0 Å². The third-order valence-corrected chi connectivity index (χ3v) is 3.43. The molecule has 0 spiro atoms. The average Bonchev–Trinajstić information content (AvgIpc) is 2.73. The maximum atomic E-state index is 12.6. The van der Waals surface area contributed by atoms with Gasteiger partial charge in [0.1, 0.15) is 5.39 Å². The molecule has 0 aliphatic rings. The number of H-pyrrole nitrogens is 2. The summed E-state index contributed by atoms with van der Waals surface area (Å²) in [4.78, 5) is 15.6. The minimum Gasteiger partial charge on any atom is -0.314 e. The van der Waals surface area contributed by atoms with Crippen LogP contribution >= 0.6 is 12.2 Å². The van der Waals surface area contributed by atoms with Gasteiger partial charge in [0.15, 0.2) is 10.4 Å². The van der Waals surface area contributed by atoms with Gasteiger partial charge in [-0.1, -0.05) is 18.2 Å². The van der Waals surface area contributed by atoms with E-state index < -0.39 is 0 Å². The molecule has 1 aromatic carbocycles. The SMILES string of the molecule is Cc1ccccc1-n1c(=S)[nH]c2n[nH]c(C)c2c1=O. The summed E-state index contributed by atoms with van der Waals surface area (Å²) in [6, 6.07) is 7.64. The number of aryl methyl sites for hydroxylation is 2. The fraction of sp³-hybridized carbons (Fsp3) is 0.154. The minimum absolute atomic E-state index is 0.153. The molecule has 0 aliphatic heterocycles. The van der Waals surface area contributed by atoms with Crippen molar-refractivity contribution in [3.63, 3.8) is 0 Å². The Morgan fingerprint density at radius 2 is 2.00 bits per heavy atom. The number of fused-ring (bicyclic) bond motifs is 1. The van der Waals surface area contributed by atoms with Gasteiger partial charge in [-0.15, -0.1) is 0 Å². The second-order valence-electron chi connectivity index (χ2n) is 4.43. The first-order chi connectivity index (χ1) is 9.09. The first-order valence-electron chi connectivity index (χ1n) is 5.85. The molecule has 0 amide bonds. The van der Waals surface area contributed by atoms with Crippen molar-refractivity contribution in [3.8, 4) is 5.69 Å². The van der Waals surface area contributed by atoms with Crippen LogP contribution in [-0.4, -0.2) is 19.7 Å². The summed E-state index contributed by atoms with van der Waals surface area (Å²) in [5.74, 6) is 0. The molecule has 0 saturated carbocycles. The zero-order valence-electron chi connectivity index (χ0n) is 10.5. The summed E-state index contributed by atoms with van der Waals surface area (Å²) >= 11 is 5.27. The molecule has 5 nitrogen and oxygen atoms in total. The number of aromatic amines is 2. The molecular weight excluding hydrogens is 260 g/mol. The third kappa shape index (κ3) is 1.72. The van der Waals surface area contributed by atoms with Crippen molar-refractivity contribution in [3.05, 3.63) is 50.6 Å². The number of para-hydroxylation sites is 1. The molecule has 2 N–H and O–H groups in total. The van der Waals surface area contributed by atoms with Gasteiger partial charge >= 0.3 is 0 Å². The highest BCUT2D eigenvalue weighted by Gasteiger charge is 2.12. The lowest BCUT2D eigenvalue weighted by atomic mass is 10.2. The van der Waals surface area contributed by atoms with E-state index in [0.717, 1.165) is 16.9 Å². The van der Waals surface area contributed by atoms with Gasteiger partial charge in [-0.05, 0) is 37.7 Å². The van der Waals surface area contributed by atoms with Crippen LogP contribution in [-0.2, 0) is 0 Å². The molecule has 0 fully saturated rings. The monoisotopic (exact) mass is 272 g/mol. The molecule has 0 unspecified atom stereocenters. The standard InChI is InChI=1S/C13H12N4OS/c1-7-5-3-4-6-9(7)17-12(18)10-8(2)15-16-11(10)14-13(17)19/h3-6H,1-2H3,(H2,14,15,16,19). The first kappa shape index (κ1) is 11.9. The number of nitrogens with zero attached hydrogens (tertiary/aromatic N) is 2. The van der Waals surface area contributed by atoms with Crippen LogP contribution in [0.25, 0.3) is 16.7 Å². The van der Waals surface area contributed by atoms with Crippen LogP contribution in [0.15, 0.2) is 29.1 Å². The molecule has 2 aromatic heterocycles. The van der Waals surface area contributed by atoms with Gasteiger partial charge in [0.05, 0.1) is 5.69 Å². The summed E-state index contributed by atoms with van der Waals surface area (Å²) in [5.41, 5.74) is 2.85. The molecule has 0 atom stereocenters. The number of hydrogen-bond acceptors (Lipinski definition) is 3. The molecule has 0 bridgehead atoms. The topological polar surface area (TPSA) is 66.5 Å². The first-order valence-corrected chi connectivity index (χ1v) is 6.26. The Balaban J connectivity index is 2.49. The Kier molecular flexibility index (Phi) is 2.60. The predicted octanol–water partition coefficient (Wildman–Crippen LogP) is 2.39. The molecular formula is C13H12N4OS. The van der Waals surface area contributed by atoms with Gasteiger partial charge in [0, 0.05) is 5.69 Å². The van der Waals surface area contributed by atoms with Crippen molar-refractivity contribution in [2.24, 2.45) is 0 Å². The van der Waals surface area contributed by atoms with Crippen LogP contribution in [0.1, 0.15) is 11.3 Å². The molecule has 2 heterocycles. The minimum atomic E-state index is -0.153. The maximum Gasteiger partial charge on any atom is 0.270 e. The van der Waals surface area contributed by atoms with E-state index in [4.69, 9.17) is 12.2 Å². The second kappa shape index (κ2) is 4.17. The summed E-state index contributed by atoms with van der Waals surface area (Å²) in [6.45, 7) is 3.76. The van der Waals surface area contributed by atoms with Crippen LogP contribution in [0.5, 0.6) is 0 Å². The van der Waals surface area contributed by atoms with E-state index in [9.17, 15) is 4.79 Å². The molecule has 19 heavy (non-hydrogen) atoms. The number of rotatable bonds is 1. The zero-order chi connectivity index (χ0) is 13.6. The normalized spacial score (nSPS) is 11.1. The van der Waals surface area contributed by atoms with Crippen molar-refractivity contribution >= 4 is 23.3 Å². The molecule has 0 aliphatic carbocycles. The Morgan fingerprint density at radius 1 is 1.26 bits per heavy atom. The Hall–Kier alpha value is -2.21. The van der Waals surface area contributed by atoms with E-state index in [-0.39, 0.29) is 5.56 Å². The highest BCUT2D eigenvalue weighted by Crippen LogP contribution is 2.14. The van der Waals surface area contributed by atoms with E-state index in [2.05, 4.69) is 15.2 Å². The van der Waals surface area contributed by atoms with E-state index in [0.29, 0.717) is 15.8 Å². The molecule has 0 saturated heterocycles. The lowest BCUT2D eigenvalue weighted by Crippen LogP contribution is -2.21. The lowest BCUT2D eigenvalue weighted by Gasteiger charge is -2.09. The Bertz CT molecular complexity index is 888. The summed E-state index contributed by atoms with van der Waals surface area (Å²) in [5, 5.41) is 7.37. The van der Waals surface area contributed by atoms with Crippen LogP contribution < -0.4 is 5.56 Å². The summed E-state index contributed by atoms with van der Waals surface area (Å²) < 4.78 is 1.86. The fourth-order valence-electron chi connectivity index (χ4n) is 2.18. The molecule has 0 radical (unpaired) electrons. The predicted molar refractivity (Wildman–Crippen MR) is 76.3 cm³/mol. The highest BCUT2D eigenvalue weighted by molar-refractivity contribution is 7.71. The zero-order valence-corrected chi connectivity index (χ0v) is 11.3. The van der Waals surface area contributed by atoms with Gasteiger partial charge in [-0.3, -0.25) is 14.5 Å². The smallest absolute Gasteiger partial charge is 0.270 e. The van der Waals surface area contributed by atoms with Gasteiger partial charge in [-0.2, -0.15) is 5.10 Å². The van der Waals surface area contributed by atoms with E-state index >= 15 is 0 Å². The third-order valence-electron chi connectivity index (χ3n) is 3.15. The van der Waals surface area contributed by atoms with Crippen molar-refractivity contribution < 1.29 is 0 Å². The fourth-order valence-corrected chi connectivity index (χ4v) is 2.45. The summed E-state index contributed by atoms with van der Waals surface area (Å²) in [6.07, 6.45) is 0. The van der Waals surface area contributed by atoms with Gasteiger partial charge in [0.25, 0.3) is 5.56 Å². The molecule has 3 rings (SSSR count). The second-order valence-corrected chi connectivity index (χ2v) is 4.82. The number of benzene rings is 1. The van der Waals surface area contributed by atoms with Crippen molar-refractivity contribution in [1.29, 1.82) is 0 Å². The van der Waals surface area contributed by atoms with Crippen LogP contribution in [0.4, 0.5) is 0 Å². The van der Waals surface area contributed by atoms with Crippen LogP contribution in [0.3, 0.4) is 0 Å². The lowest BCUT2D eigenvalue weighted by molar-refractivity contribution is 0.926. The maximum absolute atomic E-state index is 12.6. The molecule has 6 heteroatoms. The van der Waals surface area contributed by atoms with Gasteiger partial charge in [0.2, 0.25) is 0 Å². The van der Waals surface area contributed by atoms with Gasteiger partial charge < -0.3 is 4.98 Å². The average molecular weight is 272 g/mol. The van der Waals surface area contributed by atoms with E-state index in [1.165, 1.54) is 4.57 Å². The van der Waals surface area contributed by atoms with Crippen molar-refractivity contribution in [1.82, 2.24) is 19.7 Å². The molecule has 96 valence electrons. The molecule has 3 aromatic rings. The van der Waals surface area contributed by atoms with Crippen LogP contribution in [0.2, 0.25) is 0 Å². The largest absolute Gasteiger partial charge is 0.314 e. The van der Waals surface area contributed by atoms with Gasteiger partial charge in [-0.25, -0.2) is 0 Å². The van der Waals surface area contributed by atoms with E-state index in [1.54, 1.807) is 0 Å². The quantitative estimate of drug-likeness (QED) is 0.668. The number of hydrogen-bond donors (Lipinski definition) is 2. The Morgan fingerprint density at radius 3 is 2.74 bits per heavy atom. The number of nitrogens with one attached hydrogen (secondary N) is 2. The summed E-state index contributed by atoms with van der Waals surface area (Å²) in [7, 11) is 0. The highest BCUT2D eigenvalue weighted by atomic mass is 32.1. The van der Waals surface area contributed by atoms with E-state index in [1.807, 2.05) is 38.1 Å². The Labute approximate surface area is 113 Å². The van der Waals surface area contributed by atoms with Crippen LogP contribution in [0, 0.1) is 18.6 Å². The number of aromatic nitrogens is 4.